The van der Waals surface area contributed by atoms with E-state index in [1.807, 2.05) is 0 Å². The molecule has 1 rings (SSSR count). The Morgan fingerprint density at radius 1 is 1.29 bits per heavy atom. The Balaban J connectivity index is 3.23. The third kappa shape index (κ3) is 3.24. The van der Waals surface area contributed by atoms with Gasteiger partial charge < -0.3 is 9.47 Å². The van der Waals surface area contributed by atoms with E-state index in [0.29, 0.717) is 12.6 Å². The van der Waals surface area contributed by atoms with Gasteiger partial charge in [0.15, 0.2) is 12.6 Å². The van der Waals surface area contributed by atoms with Gasteiger partial charge in [-0.3, -0.25) is 9.59 Å². The van der Waals surface area contributed by atoms with E-state index in [9.17, 15) is 18.4 Å². The summed E-state index contributed by atoms with van der Waals surface area (Å²) in [7, 11) is 0. The van der Waals surface area contributed by atoms with E-state index in [2.05, 4.69) is 4.74 Å². The molecule has 0 atom stereocenters. The first-order valence-electron chi connectivity index (χ1n) is 4.78. The predicted molar refractivity (Wildman–Crippen MR) is 55.0 cm³/mol. The van der Waals surface area contributed by atoms with E-state index in [0.717, 1.165) is 12.1 Å². The van der Waals surface area contributed by atoms with Crippen LogP contribution in [0.4, 0.5) is 8.78 Å². The molecule has 0 heterocycles. The third-order valence-electron chi connectivity index (χ3n) is 1.92. The summed E-state index contributed by atoms with van der Waals surface area (Å²) in [6, 6.07) is 2.21. The topological polar surface area (TPSA) is 52.6 Å². The summed E-state index contributed by atoms with van der Waals surface area (Å²) in [6.07, 6.45) is 0.811. The van der Waals surface area contributed by atoms with Crippen LogP contribution >= 0.6 is 0 Å². The van der Waals surface area contributed by atoms with E-state index < -0.39 is 6.61 Å². The average molecular weight is 244 g/mol. The van der Waals surface area contributed by atoms with Gasteiger partial charge in [-0.1, -0.05) is 0 Å². The van der Waals surface area contributed by atoms with E-state index in [4.69, 9.17) is 4.74 Å². The molecule has 1 aromatic rings. The lowest BCUT2D eigenvalue weighted by atomic mass is 10.1. The molecule has 92 valence electrons. The molecule has 4 nitrogen and oxygen atoms in total. The Labute approximate surface area is 96.1 Å². The van der Waals surface area contributed by atoms with Crippen molar-refractivity contribution < 1.29 is 27.8 Å². The molecule has 6 heteroatoms. The van der Waals surface area contributed by atoms with E-state index in [1.54, 1.807) is 6.92 Å². The van der Waals surface area contributed by atoms with Crippen molar-refractivity contribution in [3.8, 4) is 11.5 Å². The molecule has 0 spiro atoms. The minimum absolute atomic E-state index is 0.0171. The van der Waals surface area contributed by atoms with Crippen molar-refractivity contribution in [3.05, 3.63) is 23.3 Å². The van der Waals surface area contributed by atoms with Gasteiger partial charge in [0.2, 0.25) is 0 Å². The first-order chi connectivity index (χ1) is 8.12. The summed E-state index contributed by atoms with van der Waals surface area (Å²) < 4.78 is 33.3. The smallest absolute Gasteiger partial charge is 0.387 e. The molecule has 0 unspecified atom stereocenters. The predicted octanol–water partition coefficient (Wildman–Crippen LogP) is 2.31. The van der Waals surface area contributed by atoms with Crippen molar-refractivity contribution in [2.24, 2.45) is 0 Å². The molecular formula is C11H10F2O4. The van der Waals surface area contributed by atoms with Gasteiger partial charge in [-0.15, -0.1) is 0 Å². The standard InChI is InChI=1S/C11H10F2O4/c1-2-16-10-4-8(17-11(12)13)3-7(5-14)9(10)6-15/h3-6,11H,2H2,1H3. The molecule has 0 aliphatic carbocycles. The molecule has 0 fully saturated rings. The molecule has 0 aliphatic rings. The number of carbonyl (C=O) groups is 2. The summed E-state index contributed by atoms with van der Waals surface area (Å²) in [4.78, 5) is 21.5. The maximum absolute atomic E-state index is 12.0. The zero-order valence-electron chi connectivity index (χ0n) is 8.98. The van der Waals surface area contributed by atoms with Gasteiger partial charge in [-0.05, 0) is 13.0 Å². The van der Waals surface area contributed by atoms with Crippen molar-refractivity contribution in [1.82, 2.24) is 0 Å². The van der Waals surface area contributed by atoms with Crippen LogP contribution in [-0.2, 0) is 0 Å². The molecular weight excluding hydrogens is 234 g/mol. The second kappa shape index (κ2) is 5.93. The fourth-order valence-electron chi connectivity index (χ4n) is 1.29. The molecule has 0 saturated carbocycles. The lowest BCUT2D eigenvalue weighted by molar-refractivity contribution is -0.0499. The normalized spacial score (nSPS) is 10.1. The maximum atomic E-state index is 12.0. The first-order valence-corrected chi connectivity index (χ1v) is 4.78. The SMILES string of the molecule is CCOc1cc(OC(F)F)cc(C=O)c1C=O. The third-order valence-corrected chi connectivity index (χ3v) is 1.92. The lowest BCUT2D eigenvalue weighted by Gasteiger charge is -2.11. The number of aldehydes is 2. The highest BCUT2D eigenvalue weighted by molar-refractivity contribution is 5.93. The molecule has 17 heavy (non-hydrogen) atoms. The van der Waals surface area contributed by atoms with Crippen LogP contribution in [0.15, 0.2) is 12.1 Å². The van der Waals surface area contributed by atoms with Crippen LogP contribution in [0.3, 0.4) is 0 Å². The van der Waals surface area contributed by atoms with Gasteiger partial charge >= 0.3 is 6.61 Å². The molecule has 0 aliphatic heterocycles. The first kappa shape index (κ1) is 13.1. The Hall–Kier alpha value is -1.98. The highest BCUT2D eigenvalue weighted by Crippen LogP contribution is 2.28. The van der Waals surface area contributed by atoms with Crippen molar-refractivity contribution in [2.45, 2.75) is 13.5 Å². The monoisotopic (exact) mass is 244 g/mol. The van der Waals surface area contributed by atoms with Gasteiger partial charge in [-0.25, -0.2) is 0 Å². The van der Waals surface area contributed by atoms with Crippen LogP contribution in [-0.4, -0.2) is 25.8 Å². The van der Waals surface area contributed by atoms with Gasteiger partial charge in [0.05, 0.1) is 12.2 Å². The molecule has 0 radical (unpaired) electrons. The van der Waals surface area contributed by atoms with Gasteiger partial charge in [0.1, 0.15) is 11.5 Å². The van der Waals surface area contributed by atoms with Crippen LogP contribution in [0.1, 0.15) is 27.6 Å². The largest absolute Gasteiger partial charge is 0.493 e. The number of alkyl halides is 2. The minimum atomic E-state index is -3.01. The van der Waals surface area contributed by atoms with Crippen molar-refractivity contribution in [2.75, 3.05) is 6.61 Å². The number of carbonyl (C=O) groups excluding carboxylic acids is 2. The number of hydrogen-bond donors (Lipinski definition) is 0. The fraction of sp³-hybridized carbons (Fsp3) is 0.273. The molecule has 0 bridgehead atoms. The average Bonchev–Trinajstić information content (AvgIpc) is 2.28. The van der Waals surface area contributed by atoms with Crippen LogP contribution in [0, 0.1) is 0 Å². The lowest BCUT2D eigenvalue weighted by Crippen LogP contribution is -2.05. The van der Waals surface area contributed by atoms with Gasteiger partial charge in [0, 0.05) is 11.6 Å². The zero-order chi connectivity index (χ0) is 12.8. The minimum Gasteiger partial charge on any atom is -0.493 e. The van der Waals surface area contributed by atoms with Crippen LogP contribution in [0.25, 0.3) is 0 Å². The second-order valence-electron chi connectivity index (χ2n) is 2.97. The van der Waals surface area contributed by atoms with Crippen LogP contribution < -0.4 is 9.47 Å². The molecule has 0 amide bonds. The van der Waals surface area contributed by atoms with Crippen molar-refractivity contribution in [3.63, 3.8) is 0 Å². The number of rotatable bonds is 6. The molecule has 0 N–H and O–H groups in total. The number of halogens is 2. The number of hydrogen-bond acceptors (Lipinski definition) is 4. The summed E-state index contributed by atoms with van der Waals surface area (Å²) in [5.74, 6) is -0.182. The zero-order valence-corrected chi connectivity index (χ0v) is 8.98. The Kier molecular flexibility index (Phi) is 4.56. The summed E-state index contributed by atoms with van der Waals surface area (Å²) in [6.45, 7) is -1.11. The Morgan fingerprint density at radius 2 is 2.00 bits per heavy atom. The fourth-order valence-corrected chi connectivity index (χ4v) is 1.29. The van der Waals surface area contributed by atoms with Crippen LogP contribution in [0.5, 0.6) is 11.5 Å². The number of benzene rings is 1. The van der Waals surface area contributed by atoms with Crippen molar-refractivity contribution in [1.29, 1.82) is 0 Å². The van der Waals surface area contributed by atoms with Crippen LogP contribution in [0.2, 0.25) is 0 Å². The van der Waals surface area contributed by atoms with E-state index in [-0.39, 0.29) is 29.2 Å². The molecule has 1 aromatic carbocycles. The summed E-state index contributed by atoms with van der Waals surface area (Å²) in [5.41, 5.74) is -0.0370. The Bertz CT molecular complexity index is 418. The second-order valence-corrected chi connectivity index (χ2v) is 2.97. The van der Waals surface area contributed by atoms with Crippen molar-refractivity contribution >= 4 is 12.6 Å². The number of ether oxygens (including phenoxy) is 2. The molecule has 0 aromatic heterocycles. The quantitative estimate of drug-likeness (QED) is 0.720. The Morgan fingerprint density at radius 3 is 2.47 bits per heavy atom. The highest BCUT2D eigenvalue weighted by atomic mass is 19.3. The van der Waals surface area contributed by atoms with E-state index >= 15 is 0 Å². The summed E-state index contributed by atoms with van der Waals surface area (Å²) >= 11 is 0. The highest BCUT2D eigenvalue weighted by Gasteiger charge is 2.14. The molecule has 0 saturated heterocycles. The van der Waals surface area contributed by atoms with Gasteiger partial charge in [-0.2, -0.15) is 8.78 Å². The maximum Gasteiger partial charge on any atom is 0.387 e. The summed E-state index contributed by atoms with van der Waals surface area (Å²) in [5, 5.41) is 0. The van der Waals surface area contributed by atoms with E-state index in [1.165, 1.54) is 0 Å². The van der Waals surface area contributed by atoms with Gasteiger partial charge in [0.25, 0.3) is 0 Å².